The van der Waals surface area contributed by atoms with Crippen molar-refractivity contribution in [3.63, 3.8) is 0 Å². The van der Waals surface area contributed by atoms with Crippen molar-refractivity contribution >= 4 is 43.1 Å². The standard InChI is InChI=1S/2C25H22OS/c2*1-25(21-13-15-22(26-2)16-14-21)17-23(19-9-5-3-6-10-19)27-24(18-25)20-11-7-4-8-12-20/h2*3-18H,1-2H3. The molecule has 0 N–H and O–H groups in total. The summed E-state index contributed by atoms with van der Waals surface area (Å²) in [6.45, 7) is 4.56. The second-order valence-electron chi connectivity index (χ2n) is 13.7. The third kappa shape index (κ3) is 8.52. The summed E-state index contributed by atoms with van der Waals surface area (Å²) in [5.74, 6) is 1.76. The monoisotopic (exact) mass is 740 g/mol. The molecule has 0 bridgehead atoms. The molecule has 0 radical (unpaired) electrons. The number of ether oxygens (including phenoxy) is 2. The van der Waals surface area contributed by atoms with E-state index in [2.05, 4.69) is 184 Å². The zero-order valence-corrected chi connectivity index (χ0v) is 32.7. The molecule has 2 heterocycles. The molecule has 2 aliphatic rings. The molecule has 6 aromatic rings. The Balaban J connectivity index is 0.000000167. The lowest BCUT2D eigenvalue weighted by atomic mass is 9.80. The van der Waals surface area contributed by atoms with Gasteiger partial charge in [-0.05, 0) is 71.5 Å². The highest BCUT2D eigenvalue weighted by Gasteiger charge is 2.30. The normalized spacial score (nSPS) is 15.6. The quantitative estimate of drug-likeness (QED) is 0.155. The van der Waals surface area contributed by atoms with E-state index in [9.17, 15) is 0 Å². The van der Waals surface area contributed by atoms with Crippen molar-refractivity contribution in [1.82, 2.24) is 0 Å². The Morgan fingerprint density at radius 3 is 0.796 bits per heavy atom. The SMILES string of the molecule is COc1ccc(C2(C)C=C(c3ccccc3)SC(c3ccccc3)=C2)cc1.COc1ccc(C2(C)C=C(c3ccccc3)SC(c3ccccc3)=C2)cc1. The number of thioether (sulfide) groups is 2. The minimum atomic E-state index is -0.187. The lowest BCUT2D eigenvalue weighted by molar-refractivity contribution is 0.414. The van der Waals surface area contributed by atoms with Crippen LogP contribution in [-0.4, -0.2) is 14.2 Å². The summed E-state index contributed by atoms with van der Waals surface area (Å²) in [5, 5.41) is 0. The van der Waals surface area contributed by atoms with E-state index >= 15 is 0 Å². The van der Waals surface area contributed by atoms with Gasteiger partial charge in [-0.15, -0.1) is 0 Å². The van der Waals surface area contributed by atoms with Gasteiger partial charge in [0, 0.05) is 30.5 Å². The largest absolute Gasteiger partial charge is 0.497 e. The van der Waals surface area contributed by atoms with Gasteiger partial charge in [0.1, 0.15) is 11.5 Å². The fourth-order valence-electron chi connectivity index (χ4n) is 6.74. The lowest BCUT2D eigenvalue weighted by Gasteiger charge is -2.30. The van der Waals surface area contributed by atoms with E-state index in [4.69, 9.17) is 9.47 Å². The highest BCUT2D eigenvalue weighted by Crippen LogP contribution is 2.50. The van der Waals surface area contributed by atoms with E-state index < -0.39 is 0 Å². The van der Waals surface area contributed by atoms with Crippen molar-refractivity contribution in [2.45, 2.75) is 24.7 Å². The summed E-state index contributed by atoms with van der Waals surface area (Å²) < 4.78 is 10.7. The van der Waals surface area contributed by atoms with Crippen molar-refractivity contribution in [2.75, 3.05) is 14.2 Å². The summed E-state index contributed by atoms with van der Waals surface area (Å²) >= 11 is 3.68. The van der Waals surface area contributed by atoms with Crippen LogP contribution in [0.5, 0.6) is 11.5 Å². The third-order valence-corrected chi connectivity index (χ3v) is 12.1. The van der Waals surface area contributed by atoms with Crippen LogP contribution in [0.15, 0.2) is 194 Å². The van der Waals surface area contributed by atoms with Gasteiger partial charge in [-0.1, -0.05) is 193 Å². The number of allylic oxidation sites excluding steroid dienone is 4. The fourth-order valence-corrected chi connectivity index (χ4v) is 9.44. The van der Waals surface area contributed by atoms with Crippen LogP contribution in [0, 0.1) is 0 Å². The van der Waals surface area contributed by atoms with Gasteiger partial charge < -0.3 is 9.47 Å². The molecule has 0 saturated carbocycles. The molecule has 54 heavy (non-hydrogen) atoms. The Kier molecular flexibility index (Phi) is 11.4. The predicted octanol–water partition coefficient (Wildman–Crippen LogP) is 13.6. The van der Waals surface area contributed by atoms with Crippen LogP contribution in [0.2, 0.25) is 0 Å². The van der Waals surface area contributed by atoms with Crippen LogP contribution in [0.3, 0.4) is 0 Å². The number of rotatable bonds is 8. The van der Waals surface area contributed by atoms with Gasteiger partial charge >= 0.3 is 0 Å². The molecule has 0 saturated heterocycles. The first-order chi connectivity index (χ1) is 26.4. The smallest absolute Gasteiger partial charge is 0.118 e. The summed E-state index contributed by atoms with van der Waals surface area (Å²) in [4.78, 5) is 5.15. The van der Waals surface area contributed by atoms with Crippen molar-refractivity contribution in [1.29, 1.82) is 0 Å². The predicted molar refractivity (Wildman–Crippen MR) is 234 cm³/mol. The molecule has 0 atom stereocenters. The van der Waals surface area contributed by atoms with Gasteiger partial charge in [-0.3, -0.25) is 0 Å². The molecule has 0 amide bonds. The number of benzene rings is 6. The summed E-state index contributed by atoms with van der Waals surface area (Å²) in [5.41, 5.74) is 7.15. The highest BCUT2D eigenvalue weighted by molar-refractivity contribution is 8.16. The minimum Gasteiger partial charge on any atom is -0.497 e. The summed E-state index contributed by atoms with van der Waals surface area (Å²) in [7, 11) is 3.41. The van der Waals surface area contributed by atoms with E-state index in [0.29, 0.717) is 0 Å². The maximum atomic E-state index is 5.34. The minimum absolute atomic E-state index is 0.187. The number of methoxy groups -OCH3 is 2. The van der Waals surface area contributed by atoms with Crippen molar-refractivity contribution in [3.8, 4) is 11.5 Å². The van der Waals surface area contributed by atoms with Gasteiger partial charge in [-0.25, -0.2) is 0 Å². The van der Waals surface area contributed by atoms with Gasteiger partial charge in [0.15, 0.2) is 0 Å². The van der Waals surface area contributed by atoms with Crippen molar-refractivity contribution in [2.24, 2.45) is 0 Å². The van der Waals surface area contributed by atoms with E-state index in [1.807, 2.05) is 47.8 Å². The van der Waals surface area contributed by atoms with Gasteiger partial charge in [0.25, 0.3) is 0 Å². The average molecular weight is 741 g/mol. The number of hydrogen-bond donors (Lipinski definition) is 0. The first-order valence-corrected chi connectivity index (χ1v) is 19.8. The second-order valence-corrected chi connectivity index (χ2v) is 15.9. The maximum absolute atomic E-state index is 5.34. The third-order valence-electron chi connectivity index (χ3n) is 9.82. The van der Waals surface area contributed by atoms with E-state index in [1.54, 1.807) is 14.2 Å². The fraction of sp³-hybridized carbons (Fsp3) is 0.120. The van der Waals surface area contributed by atoms with Gasteiger partial charge in [0.2, 0.25) is 0 Å². The molecule has 0 unspecified atom stereocenters. The molecule has 0 aromatic heterocycles. The van der Waals surface area contributed by atoms with Crippen LogP contribution >= 0.6 is 23.5 Å². The molecular weight excluding hydrogens is 697 g/mol. The Hall–Kier alpha value is -5.42. The maximum Gasteiger partial charge on any atom is 0.118 e. The van der Waals surface area contributed by atoms with Gasteiger partial charge in [-0.2, -0.15) is 0 Å². The van der Waals surface area contributed by atoms with Crippen molar-refractivity contribution in [3.05, 3.63) is 228 Å². The Morgan fingerprint density at radius 1 is 0.333 bits per heavy atom. The average Bonchev–Trinajstić information content (AvgIpc) is 3.25. The van der Waals surface area contributed by atoms with E-state index in [1.165, 1.54) is 53.0 Å². The molecule has 2 nitrogen and oxygen atoms in total. The second kappa shape index (κ2) is 16.7. The molecule has 2 aliphatic heterocycles. The zero-order chi connectivity index (χ0) is 37.4. The van der Waals surface area contributed by atoms with Crippen LogP contribution in [0.25, 0.3) is 19.6 Å². The van der Waals surface area contributed by atoms with E-state index in [-0.39, 0.29) is 10.8 Å². The zero-order valence-electron chi connectivity index (χ0n) is 31.1. The Labute approximate surface area is 329 Å². The van der Waals surface area contributed by atoms with Crippen molar-refractivity contribution < 1.29 is 9.47 Å². The first-order valence-electron chi connectivity index (χ1n) is 18.1. The van der Waals surface area contributed by atoms with Gasteiger partial charge in [0.05, 0.1) is 14.2 Å². The molecule has 0 spiro atoms. The summed E-state index contributed by atoms with van der Waals surface area (Å²) in [6.07, 6.45) is 9.50. The van der Waals surface area contributed by atoms with Crippen LogP contribution in [0.1, 0.15) is 47.2 Å². The lowest BCUT2D eigenvalue weighted by Crippen LogP contribution is -2.19. The molecule has 268 valence electrons. The molecular formula is C50H44O2S2. The molecule has 0 aliphatic carbocycles. The number of hydrogen-bond acceptors (Lipinski definition) is 4. The molecule has 6 aromatic carbocycles. The first kappa shape index (κ1) is 36.9. The molecule has 8 rings (SSSR count). The summed E-state index contributed by atoms with van der Waals surface area (Å²) in [6, 6.07) is 59.3. The Bertz CT molecular complexity index is 2000. The Morgan fingerprint density at radius 2 is 0.574 bits per heavy atom. The molecule has 0 fully saturated rings. The molecule has 4 heteroatoms. The van der Waals surface area contributed by atoms with Crippen LogP contribution in [0.4, 0.5) is 0 Å². The van der Waals surface area contributed by atoms with E-state index in [0.717, 1.165) is 11.5 Å². The van der Waals surface area contributed by atoms with Crippen LogP contribution in [-0.2, 0) is 10.8 Å². The highest BCUT2D eigenvalue weighted by atomic mass is 32.2. The topological polar surface area (TPSA) is 18.5 Å². The van der Waals surface area contributed by atoms with Crippen LogP contribution < -0.4 is 9.47 Å².